The van der Waals surface area contributed by atoms with E-state index in [1.54, 1.807) is 0 Å². The maximum Gasteiger partial charge on any atom is 0.222 e. The van der Waals surface area contributed by atoms with Crippen molar-refractivity contribution in [3.05, 3.63) is 0 Å². The Kier molecular flexibility index (Phi) is 4.40. The van der Waals surface area contributed by atoms with E-state index < -0.39 is 0 Å². The molecule has 0 aromatic rings. The van der Waals surface area contributed by atoms with Crippen molar-refractivity contribution >= 4 is 5.91 Å². The predicted molar refractivity (Wildman–Crippen MR) is 66.6 cm³/mol. The van der Waals surface area contributed by atoms with Gasteiger partial charge in [0, 0.05) is 19.5 Å². The van der Waals surface area contributed by atoms with Gasteiger partial charge in [0.25, 0.3) is 0 Å². The number of rotatable bonds is 3. The van der Waals surface area contributed by atoms with Crippen molar-refractivity contribution in [1.82, 2.24) is 10.2 Å². The highest BCUT2D eigenvalue weighted by Crippen LogP contribution is 2.24. The van der Waals surface area contributed by atoms with E-state index in [0.29, 0.717) is 24.8 Å². The number of carbonyl (C=O) groups is 1. The molecule has 0 aliphatic carbocycles. The molecule has 4 nitrogen and oxygen atoms in total. The lowest BCUT2D eigenvalue weighted by Crippen LogP contribution is -2.36. The second-order valence-electron chi connectivity index (χ2n) is 5.57. The zero-order chi connectivity index (χ0) is 12.3. The molecule has 2 fully saturated rings. The zero-order valence-corrected chi connectivity index (χ0v) is 10.7. The molecule has 0 aromatic carbocycles. The van der Waals surface area contributed by atoms with E-state index in [0.717, 1.165) is 26.1 Å². The average molecular weight is 240 g/mol. The average Bonchev–Trinajstić information content (AvgIpc) is 2.77. The minimum Gasteiger partial charge on any atom is -0.391 e. The van der Waals surface area contributed by atoms with Gasteiger partial charge in [-0.3, -0.25) is 4.79 Å². The molecule has 0 bridgehead atoms. The third-order valence-electron chi connectivity index (χ3n) is 4.15. The van der Waals surface area contributed by atoms with Crippen LogP contribution in [-0.2, 0) is 4.79 Å². The number of hydrogen-bond acceptors (Lipinski definition) is 3. The second kappa shape index (κ2) is 5.83. The first-order chi connectivity index (χ1) is 8.16. The third-order valence-corrected chi connectivity index (χ3v) is 4.15. The summed E-state index contributed by atoms with van der Waals surface area (Å²) in [7, 11) is 0. The molecule has 0 saturated carbocycles. The Morgan fingerprint density at radius 1 is 1.53 bits per heavy atom. The molecule has 2 aliphatic rings. The fraction of sp³-hybridized carbons (Fsp3) is 0.923. The number of nitrogens with zero attached hydrogens (tertiary/aromatic N) is 1. The Labute approximate surface area is 103 Å². The summed E-state index contributed by atoms with van der Waals surface area (Å²) in [6.45, 7) is 5.62. The standard InChI is InChI=1S/C13H24N2O2/c1-10(11-3-2-5-14-8-11)7-13(17)15-6-4-12(16)9-15/h10-12,14,16H,2-9H2,1H3/t10?,11?,12-/m0/s1. The molecule has 4 heteroatoms. The van der Waals surface area contributed by atoms with Gasteiger partial charge in [-0.2, -0.15) is 0 Å². The molecule has 2 aliphatic heterocycles. The molecule has 2 unspecified atom stereocenters. The van der Waals surface area contributed by atoms with Crippen molar-refractivity contribution < 1.29 is 9.90 Å². The number of aliphatic hydroxyl groups excluding tert-OH is 1. The first-order valence-electron chi connectivity index (χ1n) is 6.83. The Morgan fingerprint density at radius 2 is 2.35 bits per heavy atom. The summed E-state index contributed by atoms with van der Waals surface area (Å²) in [5, 5.41) is 12.8. The first-order valence-corrected chi connectivity index (χ1v) is 6.83. The van der Waals surface area contributed by atoms with Crippen LogP contribution in [0.4, 0.5) is 0 Å². The van der Waals surface area contributed by atoms with E-state index >= 15 is 0 Å². The number of nitrogens with one attached hydrogen (secondary N) is 1. The maximum absolute atomic E-state index is 12.0. The van der Waals surface area contributed by atoms with Crippen LogP contribution in [0.2, 0.25) is 0 Å². The number of piperidine rings is 1. The lowest BCUT2D eigenvalue weighted by Gasteiger charge is -2.29. The van der Waals surface area contributed by atoms with Crippen LogP contribution in [0, 0.1) is 11.8 Å². The van der Waals surface area contributed by atoms with Crippen LogP contribution in [-0.4, -0.2) is 48.2 Å². The molecule has 0 spiro atoms. The van der Waals surface area contributed by atoms with Crippen molar-refractivity contribution in [2.75, 3.05) is 26.2 Å². The van der Waals surface area contributed by atoms with Crippen molar-refractivity contribution in [2.24, 2.45) is 11.8 Å². The summed E-state index contributed by atoms with van der Waals surface area (Å²) in [4.78, 5) is 13.9. The molecule has 2 saturated heterocycles. The molecular formula is C13H24N2O2. The SMILES string of the molecule is CC(CC(=O)N1CC[C@H](O)C1)C1CCCNC1. The Bertz CT molecular complexity index is 264. The topological polar surface area (TPSA) is 52.6 Å². The fourth-order valence-corrected chi connectivity index (χ4v) is 2.90. The summed E-state index contributed by atoms with van der Waals surface area (Å²) in [5.74, 6) is 1.31. The Hall–Kier alpha value is -0.610. The minimum atomic E-state index is -0.300. The first kappa shape index (κ1) is 12.8. The Balaban J connectivity index is 1.77. The molecule has 3 atom stereocenters. The quantitative estimate of drug-likeness (QED) is 0.760. The van der Waals surface area contributed by atoms with Gasteiger partial charge in [-0.05, 0) is 44.2 Å². The molecular weight excluding hydrogens is 216 g/mol. The van der Waals surface area contributed by atoms with E-state index in [2.05, 4.69) is 12.2 Å². The van der Waals surface area contributed by atoms with Crippen molar-refractivity contribution in [2.45, 2.75) is 38.7 Å². The van der Waals surface area contributed by atoms with E-state index in [-0.39, 0.29) is 12.0 Å². The Morgan fingerprint density at radius 3 is 2.94 bits per heavy atom. The molecule has 2 N–H and O–H groups in total. The normalized spacial score (nSPS) is 31.5. The largest absolute Gasteiger partial charge is 0.391 e. The van der Waals surface area contributed by atoms with Gasteiger partial charge in [-0.15, -0.1) is 0 Å². The number of hydrogen-bond donors (Lipinski definition) is 2. The highest BCUT2D eigenvalue weighted by Gasteiger charge is 2.28. The molecule has 98 valence electrons. The lowest BCUT2D eigenvalue weighted by atomic mass is 9.85. The molecule has 0 aromatic heterocycles. The monoisotopic (exact) mass is 240 g/mol. The summed E-state index contributed by atoms with van der Waals surface area (Å²) in [5.41, 5.74) is 0. The second-order valence-corrected chi connectivity index (χ2v) is 5.57. The number of amides is 1. The van der Waals surface area contributed by atoms with E-state index in [1.165, 1.54) is 12.8 Å². The molecule has 0 radical (unpaired) electrons. The van der Waals surface area contributed by atoms with E-state index in [9.17, 15) is 9.90 Å². The van der Waals surface area contributed by atoms with Crippen LogP contribution >= 0.6 is 0 Å². The van der Waals surface area contributed by atoms with Crippen molar-refractivity contribution in [3.63, 3.8) is 0 Å². The van der Waals surface area contributed by atoms with Gasteiger partial charge in [0.15, 0.2) is 0 Å². The third kappa shape index (κ3) is 3.42. The fourth-order valence-electron chi connectivity index (χ4n) is 2.90. The minimum absolute atomic E-state index is 0.222. The molecule has 17 heavy (non-hydrogen) atoms. The zero-order valence-electron chi connectivity index (χ0n) is 10.7. The van der Waals surface area contributed by atoms with Gasteiger partial charge < -0.3 is 15.3 Å². The molecule has 2 heterocycles. The number of carbonyl (C=O) groups excluding carboxylic acids is 1. The van der Waals surface area contributed by atoms with Gasteiger partial charge in [0.2, 0.25) is 5.91 Å². The highest BCUT2D eigenvalue weighted by atomic mass is 16.3. The van der Waals surface area contributed by atoms with E-state index in [1.807, 2.05) is 4.90 Å². The van der Waals surface area contributed by atoms with Gasteiger partial charge in [-0.25, -0.2) is 0 Å². The number of β-amino-alcohol motifs (C(OH)–C–C–N with tert-alkyl or cyclic N) is 1. The maximum atomic E-state index is 12.0. The number of aliphatic hydroxyl groups is 1. The van der Waals surface area contributed by atoms with Crippen LogP contribution in [0.5, 0.6) is 0 Å². The van der Waals surface area contributed by atoms with Gasteiger partial charge in [-0.1, -0.05) is 6.92 Å². The predicted octanol–water partition coefficient (Wildman–Crippen LogP) is 0.605. The lowest BCUT2D eigenvalue weighted by molar-refractivity contribution is -0.131. The summed E-state index contributed by atoms with van der Waals surface area (Å²) in [6.07, 6.45) is 3.55. The van der Waals surface area contributed by atoms with Crippen molar-refractivity contribution in [1.29, 1.82) is 0 Å². The molecule has 2 rings (SSSR count). The van der Waals surface area contributed by atoms with Gasteiger partial charge in [0.1, 0.15) is 0 Å². The van der Waals surface area contributed by atoms with Crippen LogP contribution in [0.1, 0.15) is 32.6 Å². The smallest absolute Gasteiger partial charge is 0.222 e. The highest BCUT2D eigenvalue weighted by molar-refractivity contribution is 5.76. The van der Waals surface area contributed by atoms with Crippen LogP contribution < -0.4 is 5.32 Å². The van der Waals surface area contributed by atoms with Crippen LogP contribution in [0.3, 0.4) is 0 Å². The van der Waals surface area contributed by atoms with Crippen LogP contribution in [0.25, 0.3) is 0 Å². The van der Waals surface area contributed by atoms with Crippen LogP contribution in [0.15, 0.2) is 0 Å². The summed E-state index contributed by atoms with van der Waals surface area (Å²) in [6, 6.07) is 0. The van der Waals surface area contributed by atoms with E-state index in [4.69, 9.17) is 0 Å². The summed E-state index contributed by atoms with van der Waals surface area (Å²) >= 11 is 0. The van der Waals surface area contributed by atoms with Gasteiger partial charge >= 0.3 is 0 Å². The summed E-state index contributed by atoms with van der Waals surface area (Å²) < 4.78 is 0. The van der Waals surface area contributed by atoms with Crippen molar-refractivity contribution in [3.8, 4) is 0 Å². The number of likely N-dealkylation sites (tertiary alicyclic amines) is 1. The van der Waals surface area contributed by atoms with Gasteiger partial charge in [0.05, 0.1) is 6.10 Å². The molecule has 1 amide bonds.